The molecule has 0 spiro atoms. The SMILES string of the molecule is COC(=O)[C@H]1N2C(=O)C=NO[C@@H]2SC1(C)C. The molecule has 2 aliphatic rings. The number of hydrogen-bond acceptors (Lipinski definition) is 6. The van der Waals surface area contributed by atoms with Crippen LogP contribution in [0.25, 0.3) is 0 Å². The number of rotatable bonds is 1. The van der Waals surface area contributed by atoms with Crippen LogP contribution in [-0.2, 0) is 19.2 Å². The highest BCUT2D eigenvalue weighted by atomic mass is 32.2. The number of thioether (sulfide) groups is 1. The highest BCUT2D eigenvalue weighted by molar-refractivity contribution is 8.01. The van der Waals surface area contributed by atoms with Crippen LogP contribution in [0.5, 0.6) is 0 Å². The van der Waals surface area contributed by atoms with Crippen LogP contribution in [0.15, 0.2) is 5.16 Å². The van der Waals surface area contributed by atoms with Crippen LogP contribution in [0.4, 0.5) is 0 Å². The molecule has 1 amide bonds. The molecule has 0 aromatic carbocycles. The van der Waals surface area contributed by atoms with E-state index in [1.807, 2.05) is 13.8 Å². The molecule has 0 saturated carbocycles. The first-order valence-corrected chi connectivity index (χ1v) is 5.62. The zero-order valence-electron chi connectivity index (χ0n) is 9.17. The van der Waals surface area contributed by atoms with E-state index in [9.17, 15) is 9.59 Å². The van der Waals surface area contributed by atoms with E-state index < -0.39 is 22.3 Å². The number of ether oxygens (including phenoxy) is 1. The van der Waals surface area contributed by atoms with E-state index in [4.69, 9.17) is 9.57 Å². The van der Waals surface area contributed by atoms with Crippen LogP contribution < -0.4 is 0 Å². The Balaban J connectivity index is 2.35. The van der Waals surface area contributed by atoms with Gasteiger partial charge in [0.05, 0.1) is 7.11 Å². The Morgan fingerprint density at radius 2 is 2.38 bits per heavy atom. The van der Waals surface area contributed by atoms with Gasteiger partial charge in [0.15, 0.2) is 0 Å². The van der Waals surface area contributed by atoms with Gasteiger partial charge in [-0.25, -0.2) is 4.79 Å². The fourth-order valence-corrected chi connectivity index (χ4v) is 3.13. The van der Waals surface area contributed by atoms with Crippen molar-refractivity contribution in [3.8, 4) is 0 Å². The number of oxime groups is 1. The Bertz CT molecular complexity index is 369. The molecule has 6 nitrogen and oxygen atoms in total. The predicted molar refractivity (Wildman–Crippen MR) is 57.7 cm³/mol. The van der Waals surface area contributed by atoms with Crippen LogP contribution in [0.3, 0.4) is 0 Å². The number of esters is 1. The van der Waals surface area contributed by atoms with Crippen LogP contribution in [-0.4, -0.2) is 46.4 Å². The fraction of sp³-hybridized carbons (Fsp3) is 0.667. The summed E-state index contributed by atoms with van der Waals surface area (Å²) >= 11 is 1.38. The van der Waals surface area contributed by atoms with Gasteiger partial charge in [-0.1, -0.05) is 16.9 Å². The summed E-state index contributed by atoms with van der Waals surface area (Å²) in [5, 5.41) is 3.50. The van der Waals surface area contributed by atoms with E-state index >= 15 is 0 Å². The van der Waals surface area contributed by atoms with Crippen molar-refractivity contribution < 1.29 is 19.2 Å². The summed E-state index contributed by atoms with van der Waals surface area (Å²) in [6, 6.07) is -0.647. The van der Waals surface area contributed by atoms with E-state index in [1.54, 1.807) is 0 Å². The standard InChI is InChI=1S/C9H12N2O4S/c1-9(2)6(7(13)14-3)11-5(12)4-10-15-8(11)16-9/h4,6,8H,1-3H3/t6-,8-/m1/s1. The molecule has 0 aliphatic carbocycles. The highest BCUT2D eigenvalue weighted by Crippen LogP contribution is 2.45. The lowest BCUT2D eigenvalue weighted by Gasteiger charge is -2.29. The van der Waals surface area contributed by atoms with Gasteiger partial charge in [0.25, 0.3) is 11.5 Å². The molecule has 0 radical (unpaired) electrons. The van der Waals surface area contributed by atoms with E-state index in [1.165, 1.54) is 23.8 Å². The van der Waals surface area contributed by atoms with Gasteiger partial charge in [0, 0.05) is 4.75 Å². The molecule has 2 heterocycles. The lowest BCUT2D eigenvalue weighted by atomic mass is 10.0. The molecule has 0 N–H and O–H groups in total. The predicted octanol–water partition coefficient (Wildman–Crippen LogP) is 0.182. The molecule has 2 rings (SSSR count). The molecule has 2 atom stereocenters. The Hall–Kier alpha value is -1.24. The van der Waals surface area contributed by atoms with Crippen molar-refractivity contribution in [2.45, 2.75) is 30.2 Å². The van der Waals surface area contributed by atoms with E-state index in [-0.39, 0.29) is 5.91 Å². The first-order valence-electron chi connectivity index (χ1n) is 4.74. The first-order chi connectivity index (χ1) is 7.47. The van der Waals surface area contributed by atoms with Crippen LogP contribution in [0, 0.1) is 0 Å². The Morgan fingerprint density at radius 3 is 3.00 bits per heavy atom. The molecule has 16 heavy (non-hydrogen) atoms. The summed E-state index contributed by atoms with van der Waals surface area (Å²) in [6.07, 6.45) is 1.06. The van der Waals surface area contributed by atoms with Crippen LogP contribution in [0.1, 0.15) is 13.8 Å². The molecule has 7 heteroatoms. The van der Waals surface area contributed by atoms with E-state index in [2.05, 4.69) is 5.16 Å². The molecule has 2 aliphatic heterocycles. The zero-order valence-corrected chi connectivity index (χ0v) is 9.98. The van der Waals surface area contributed by atoms with E-state index in [0.717, 1.165) is 6.21 Å². The van der Waals surface area contributed by atoms with Crippen molar-refractivity contribution >= 4 is 29.9 Å². The third kappa shape index (κ3) is 1.55. The summed E-state index contributed by atoms with van der Waals surface area (Å²) in [5.41, 5.74) is -0.545. The average molecular weight is 244 g/mol. The van der Waals surface area contributed by atoms with Gasteiger partial charge >= 0.3 is 5.97 Å². The van der Waals surface area contributed by atoms with E-state index in [0.29, 0.717) is 0 Å². The van der Waals surface area contributed by atoms with Gasteiger partial charge in [0.2, 0.25) is 0 Å². The topological polar surface area (TPSA) is 68.2 Å². The molecule has 88 valence electrons. The Morgan fingerprint density at radius 1 is 1.69 bits per heavy atom. The van der Waals surface area contributed by atoms with Crippen molar-refractivity contribution in [1.29, 1.82) is 0 Å². The fourth-order valence-electron chi connectivity index (χ4n) is 1.84. The lowest BCUT2D eigenvalue weighted by molar-refractivity contribution is -0.157. The molecule has 0 unspecified atom stereocenters. The number of hydrogen-bond donors (Lipinski definition) is 0. The number of carbonyl (C=O) groups is 2. The lowest BCUT2D eigenvalue weighted by Crippen LogP contribution is -2.52. The minimum atomic E-state index is -0.647. The summed E-state index contributed by atoms with van der Waals surface area (Å²) < 4.78 is 4.26. The van der Waals surface area contributed by atoms with Crippen molar-refractivity contribution in [2.24, 2.45) is 5.16 Å². The maximum absolute atomic E-state index is 11.7. The number of amides is 1. The second-order valence-corrected chi connectivity index (χ2v) is 5.73. The highest BCUT2D eigenvalue weighted by Gasteiger charge is 2.56. The minimum Gasteiger partial charge on any atom is -0.467 e. The molecular formula is C9H12N2O4S. The second-order valence-electron chi connectivity index (χ2n) is 4.04. The number of fused-ring (bicyclic) bond motifs is 1. The number of methoxy groups -OCH3 is 1. The van der Waals surface area contributed by atoms with Gasteiger partial charge in [-0.3, -0.25) is 9.69 Å². The smallest absolute Gasteiger partial charge is 0.330 e. The molecule has 1 fully saturated rings. The van der Waals surface area contributed by atoms with Crippen molar-refractivity contribution in [1.82, 2.24) is 4.90 Å². The normalized spacial score (nSPS) is 30.9. The third-order valence-electron chi connectivity index (χ3n) is 2.56. The van der Waals surface area contributed by atoms with Gasteiger partial charge in [0.1, 0.15) is 12.3 Å². The van der Waals surface area contributed by atoms with Crippen molar-refractivity contribution in [3.05, 3.63) is 0 Å². The van der Waals surface area contributed by atoms with Crippen molar-refractivity contribution in [3.63, 3.8) is 0 Å². The number of nitrogens with zero attached hydrogens (tertiary/aromatic N) is 2. The van der Waals surface area contributed by atoms with Crippen molar-refractivity contribution in [2.75, 3.05) is 7.11 Å². The molecule has 0 aromatic heterocycles. The molecule has 0 bridgehead atoms. The summed E-state index contributed by atoms with van der Waals surface area (Å²) in [4.78, 5) is 29.8. The van der Waals surface area contributed by atoms with Gasteiger partial charge in [-0.05, 0) is 13.8 Å². The monoisotopic (exact) mass is 244 g/mol. The maximum Gasteiger partial charge on any atom is 0.330 e. The minimum absolute atomic E-state index is 0.329. The summed E-state index contributed by atoms with van der Waals surface area (Å²) in [6.45, 7) is 3.74. The quantitative estimate of drug-likeness (QED) is 0.615. The Kier molecular flexibility index (Phi) is 2.57. The van der Waals surface area contributed by atoms with Gasteiger partial charge in [-0.15, -0.1) is 0 Å². The number of carbonyl (C=O) groups excluding carboxylic acids is 2. The summed E-state index contributed by atoms with van der Waals surface area (Å²) in [5.74, 6) is -0.767. The molecule has 1 saturated heterocycles. The molecular weight excluding hydrogens is 232 g/mol. The van der Waals surface area contributed by atoms with Crippen LogP contribution in [0.2, 0.25) is 0 Å². The van der Waals surface area contributed by atoms with Gasteiger partial charge < -0.3 is 9.57 Å². The van der Waals surface area contributed by atoms with Gasteiger partial charge in [-0.2, -0.15) is 0 Å². The maximum atomic E-state index is 11.7. The largest absolute Gasteiger partial charge is 0.467 e. The Labute approximate surface area is 96.9 Å². The second kappa shape index (κ2) is 3.65. The van der Waals surface area contributed by atoms with Crippen LogP contribution >= 0.6 is 11.8 Å². The summed E-state index contributed by atoms with van der Waals surface area (Å²) in [7, 11) is 1.31. The first kappa shape index (κ1) is 11.3. The average Bonchev–Trinajstić information content (AvgIpc) is 2.49. The molecule has 0 aromatic rings. The zero-order chi connectivity index (χ0) is 11.9. The third-order valence-corrected chi connectivity index (χ3v) is 3.91.